The second-order valence-electron chi connectivity index (χ2n) is 10.1. The summed E-state index contributed by atoms with van der Waals surface area (Å²) in [5.41, 5.74) is 1.04. The summed E-state index contributed by atoms with van der Waals surface area (Å²) in [6, 6.07) is 2.06. The second kappa shape index (κ2) is 8.53. The molecule has 6 nitrogen and oxygen atoms in total. The summed E-state index contributed by atoms with van der Waals surface area (Å²) < 4.78 is 5.97. The Kier molecular flexibility index (Phi) is 5.76. The van der Waals surface area contributed by atoms with Gasteiger partial charge in [-0.15, -0.1) is 0 Å². The Morgan fingerprint density at radius 3 is 2.81 bits per heavy atom. The van der Waals surface area contributed by atoms with E-state index in [4.69, 9.17) is 4.74 Å². The minimum absolute atomic E-state index is 0.150. The number of rotatable bonds is 8. The van der Waals surface area contributed by atoms with Crippen LogP contribution in [0.2, 0.25) is 0 Å². The van der Waals surface area contributed by atoms with Crippen LogP contribution in [0, 0.1) is 23.2 Å². The molecule has 31 heavy (non-hydrogen) atoms. The number of ketones is 1. The van der Waals surface area contributed by atoms with Crippen LogP contribution in [0.3, 0.4) is 0 Å². The molecule has 0 unspecified atom stereocenters. The fourth-order valence-electron chi connectivity index (χ4n) is 6.57. The predicted octanol–water partition coefficient (Wildman–Crippen LogP) is 4.76. The summed E-state index contributed by atoms with van der Waals surface area (Å²) in [6.07, 6.45) is 13.9. The molecule has 1 aliphatic heterocycles. The number of aromatic amines is 1. The molecule has 1 spiro atoms. The Labute approximate surface area is 185 Å². The molecule has 2 aliphatic carbocycles. The third-order valence-electron chi connectivity index (χ3n) is 8.43. The lowest BCUT2D eigenvalue weighted by Crippen LogP contribution is -2.46. The van der Waals surface area contributed by atoms with Crippen LogP contribution in [0.1, 0.15) is 64.7 Å². The highest BCUT2D eigenvalue weighted by atomic mass is 16.5. The van der Waals surface area contributed by atoms with Crippen LogP contribution in [0.4, 0.5) is 5.82 Å². The van der Waals surface area contributed by atoms with E-state index in [-0.39, 0.29) is 17.4 Å². The number of ether oxygens (including phenoxy) is 1. The van der Waals surface area contributed by atoms with Gasteiger partial charge in [0.2, 0.25) is 0 Å². The van der Waals surface area contributed by atoms with Crippen molar-refractivity contribution in [2.45, 2.75) is 70.8 Å². The van der Waals surface area contributed by atoms with E-state index in [0.717, 1.165) is 55.6 Å². The van der Waals surface area contributed by atoms with Gasteiger partial charge in [0.25, 0.3) is 0 Å². The maximum atomic E-state index is 13.6. The van der Waals surface area contributed by atoms with Crippen LogP contribution in [0.5, 0.6) is 0 Å². The molecule has 2 aromatic rings. The third-order valence-corrected chi connectivity index (χ3v) is 8.43. The van der Waals surface area contributed by atoms with Gasteiger partial charge in [-0.05, 0) is 55.4 Å². The number of piperidine rings is 1. The first-order valence-corrected chi connectivity index (χ1v) is 12.2. The SMILES string of the molecule is CC[C@H](CC(=O)[C@H]1CCN(c2ncnc3[nH]ccc23)CC12CC2)[C@@H](OC)C1CCCC1. The molecule has 3 heterocycles. The van der Waals surface area contributed by atoms with Crippen LogP contribution in [0.15, 0.2) is 18.6 Å². The van der Waals surface area contributed by atoms with Crippen molar-refractivity contribution >= 4 is 22.6 Å². The fraction of sp³-hybridized carbons (Fsp3) is 0.720. The quantitative estimate of drug-likeness (QED) is 0.662. The maximum Gasteiger partial charge on any atom is 0.142 e. The van der Waals surface area contributed by atoms with Crippen LogP contribution in [-0.4, -0.2) is 47.0 Å². The highest BCUT2D eigenvalue weighted by molar-refractivity contribution is 5.88. The molecule has 1 N–H and O–H groups in total. The topological polar surface area (TPSA) is 71.1 Å². The van der Waals surface area contributed by atoms with Crippen molar-refractivity contribution in [1.82, 2.24) is 15.0 Å². The van der Waals surface area contributed by atoms with Crippen molar-refractivity contribution < 1.29 is 9.53 Å². The minimum Gasteiger partial charge on any atom is -0.381 e. The van der Waals surface area contributed by atoms with Gasteiger partial charge in [0.15, 0.2) is 0 Å². The van der Waals surface area contributed by atoms with Gasteiger partial charge >= 0.3 is 0 Å². The Balaban J connectivity index is 1.28. The highest BCUT2D eigenvalue weighted by Crippen LogP contribution is 2.57. The number of fused-ring (bicyclic) bond motifs is 1. The van der Waals surface area contributed by atoms with E-state index in [9.17, 15) is 4.79 Å². The van der Waals surface area contributed by atoms with Crippen molar-refractivity contribution in [3.8, 4) is 0 Å². The van der Waals surface area contributed by atoms with Crippen LogP contribution < -0.4 is 4.90 Å². The molecule has 2 aromatic heterocycles. The molecule has 2 saturated carbocycles. The van der Waals surface area contributed by atoms with Gasteiger partial charge in [0, 0.05) is 38.7 Å². The lowest BCUT2D eigenvalue weighted by atomic mass is 9.75. The van der Waals surface area contributed by atoms with E-state index in [0.29, 0.717) is 24.0 Å². The highest BCUT2D eigenvalue weighted by Gasteiger charge is 2.55. The molecule has 0 bridgehead atoms. The van der Waals surface area contributed by atoms with E-state index < -0.39 is 0 Å². The van der Waals surface area contributed by atoms with Crippen molar-refractivity contribution in [3.05, 3.63) is 18.6 Å². The maximum absolute atomic E-state index is 13.6. The summed E-state index contributed by atoms with van der Waals surface area (Å²) >= 11 is 0. The molecule has 0 radical (unpaired) electrons. The number of H-pyrrole nitrogens is 1. The molecule has 0 aromatic carbocycles. The average Bonchev–Trinajstić information content (AvgIpc) is 3.19. The summed E-state index contributed by atoms with van der Waals surface area (Å²) in [4.78, 5) is 28.1. The molecule has 5 rings (SSSR count). The first-order valence-electron chi connectivity index (χ1n) is 12.2. The van der Waals surface area contributed by atoms with E-state index in [1.165, 1.54) is 25.7 Å². The molecule has 3 fully saturated rings. The number of Topliss-reactive ketones (excluding diaryl/α,β-unsaturated/α-hetero) is 1. The first-order chi connectivity index (χ1) is 15.1. The van der Waals surface area contributed by atoms with Crippen molar-refractivity contribution in [1.29, 1.82) is 0 Å². The molecule has 3 aliphatic rings. The molecule has 168 valence electrons. The smallest absolute Gasteiger partial charge is 0.142 e. The third kappa shape index (κ3) is 3.88. The average molecular weight is 425 g/mol. The zero-order chi connectivity index (χ0) is 21.4. The van der Waals surface area contributed by atoms with Gasteiger partial charge in [-0.2, -0.15) is 0 Å². The van der Waals surface area contributed by atoms with Gasteiger partial charge in [0.1, 0.15) is 23.6 Å². The number of nitrogens with zero attached hydrogens (tertiary/aromatic N) is 3. The van der Waals surface area contributed by atoms with E-state index in [2.05, 4.69) is 32.8 Å². The number of methoxy groups -OCH3 is 1. The largest absolute Gasteiger partial charge is 0.381 e. The number of carbonyl (C=O) groups is 1. The number of carbonyl (C=O) groups excluding carboxylic acids is 1. The molecule has 1 saturated heterocycles. The van der Waals surface area contributed by atoms with Crippen LogP contribution in [0.25, 0.3) is 11.0 Å². The van der Waals surface area contributed by atoms with E-state index in [1.807, 2.05) is 13.3 Å². The number of anilines is 1. The van der Waals surface area contributed by atoms with Crippen molar-refractivity contribution in [2.24, 2.45) is 23.2 Å². The van der Waals surface area contributed by atoms with Gasteiger partial charge in [0.05, 0.1) is 11.5 Å². The Morgan fingerprint density at radius 1 is 1.29 bits per heavy atom. The summed E-state index contributed by atoms with van der Waals surface area (Å²) in [5.74, 6) is 2.69. The lowest BCUT2D eigenvalue weighted by Gasteiger charge is -2.40. The molecular formula is C25H36N4O2. The van der Waals surface area contributed by atoms with Gasteiger partial charge in [-0.25, -0.2) is 9.97 Å². The number of aromatic nitrogens is 3. The first kappa shape index (κ1) is 20.9. The fourth-order valence-corrected chi connectivity index (χ4v) is 6.57. The predicted molar refractivity (Wildman–Crippen MR) is 122 cm³/mol. The zero-order valence-electron chi connectivity index (χ0n) is 19.0. The van der Waals surface area contributed by atoms with E-state index in [1.54, 1.807) is 6.33 Å². The lowest BCUT2D eigenvalue weighted by molar-refractivity contribution is -0.128. The normalized spacial score (nSPS) is 25.2. The molecule has 3 atom stereocenters. The van der Waals surface area contributed by atoms with Crippen molar-refractivity contribution in [3.63, 3.8) is 0 Å². The van der Waals surface area contributed by atoms with Crippen LogP contribution in [-0.2, 0) is 9.53 Å². The number of hydrogen-bond donors (Lipinski definition) is 1. The second-order valence-corrected chi connectivity index (χ2v) is 10.1. The Bertz CT molecular complexity index is 915. The summed E-state index contributed by atoms with van der Waals surface area (Å²) in [7, 11) is 1.85. The standard InChI is InChI=1S/C25H36N4O2/c1-3-17(22(31-2)18-6-4-5-7-18)14-21(30)20-9-13-29(15-25(20)10-11-25)24-19-8-12-26-23(19)27-16-28-24/h8,12,16-18,20,22H,3-7,9-11,13-15H2,1-2H3,(H,26,27,28)/t17-,20-,22-/m1/s1. The monoisotopic (exact) mass is 424 g/mol. The zero-order valence-corrected chi connectivity index (χ0v) is 19.0. The number of hydrogen-bond acceptors (Lipinski definition) is 5. The minimum atomic E-state index is 0.150. The van der Waals surface area contributed by atoms with Gasteiger partial charge in [-0.3, -0.25) is 4.79 Å². The molecular weight excluding hydrogens is 388 g/mol. The molecule has 0 amide bonds. The van der Waals surface area contributed by atoms with Crippen molar-refractivity contribution in [2.75, 3.05) is 25.1 Å². The molecule has 6 heteroatoms. The van der Waals surface area contributed by atoms with Gasteiger partial charge < -0.3 is 14.6 Å². The van der Waals surface area contributed by atoms with E-state index >= 15 is 0 Å². The summed E-state index contributed by atoms with van der Waals surface area (Å²) in [6.45, 7) is 4.06. The van der Waals surface area contributed by atoms with Gasteiger partial charge in [-0.1, -0.05) is 26.2 Å². The Hall–Kier alpha value is -1.95. The van der Waals surface area contributed by atoms with Crippen LogP contribution >= 0.6 is 0 Å². The Morgan fingerprint density at radius 2 is 2.10 bits per heavy atom. The summed E-state index contributed by atoms with van der Waals surface area (Å²) in [5, 5.41) is 1.08. The number of nitrogens with one attached hydrogen (secondary N) is 1.